The Morgan fingerprint density at radius 1 is 1.19 bits per heavy atom. The van der Waals surface area contributed by atoms with Crippen LogP contribution in [0.2, 0.25) is 0 Å². The third-order valence-corrected chi connectivity index (χ3v) is 2.82. The van der Waals surface area contributed by atoms with Gasteiger partial charge in [-0.2, -0.15) is 0 Å². The van der Waals surface area contributed by atoms with Crippen LogP contribution in [0.15, 0.2) is 48.2 Å². The maximum Gasteiger partial charge on any atom is 0.0690 e. The number of hydrogen-bond acceptors (Lipinski definition) is 1. The lowest BCUT2D eigenvalue weighted by atomic mass is 10.0. The van der Waals surface area contributed by atoms with Crippen LogP contribution < -0.4 is 0 Å². The highest BCUT2D eigenvalue weighted by molar-refractivity contribution is 5.65. The molecule has 0 unspecified atom stereocenters. The fraction of sp³-hybridized carbons (Fsp3) is 0.267. The maximum absolute atomic E-state index is 4.48. The third-order valence-electron chi connectivity index (χ3n) is 2.82. The summed E-state index contributed by atoms with van der Waals surface area (Å²) >= 11 is 0. The number of hydrogen-bond donors (Lipinski definition) is 0. The molecule has 0 fully saturated rings. The van der Waals surface area contributed by atoms with Crippen LogP contribution >= 0.6 is 0 Å². The van der Waals surface area contributed by atoms with Gasteiger partial charge in [-0.3, -0.25) is 4.98 Å². The number of aryl methyl sites for hydroxylation is 1. The monoisotopic (exact) mass is 211 g/mol. The van der Waals surface area contributed by atoms with Crippen LogP contribution in [-0.4, -0.2) is 4.98 Å². The normalized spacial score (nSPS) is 24.6. The highest BCUT2D eigenvalue weighted by atomic mass is 14.7. The molecule has 0 N–H and O–H groups in total. The molecule has 0 saturated heterocycles. The second kappa shape index (κ2) is 4.93. The van der Waals surface area contributed by atoms with Gasteiger partial charge in [-0.15, -0.1) is 0 Å². The lowest BCUT2D eigenvalue weighted by Gasteiger charge is -2.08. The molecule has 1 aliphatic carbocycles. The van der Waals surface area contributed by atoms with Crippen molar-refractivity contribution in [3.8, 4) is 0 Å². The zero-order valence-corrected chi connectivity index (χ0v) is 9.90. The fourth-order valence-corrected chi connectivity index (χ4v) is 1.89. The molecule has 2 rings (SSSR count). The Morgan fingerprint density at radius 3 is 2.94 bits per heavy atom. The minimum Gasteiger partial charge on any atom is -0.256 e. The molecule has 0 amide bonds. The molecule has 1 aromatic heterocycles. The zero-order valence-electron chi connectivity index (χ0n) is 9.90. The highest BCUT2D eigenvalue weighted by Crippen LogP contribution is 2.19. The first-order valence-electron chi connectivity index (χ1n) is 5.73. The molecule has 0 aliphatic heterocycles. The Kier molecular flexibility index (Phi) is 3.35. The predicted octanol–water partition coefficient (Wildman–Crippen LogP) is 3.93. The molecule has 1 heterocycles. The molecule has 1 nitrogen and oxygen atoms in total. The van der Waals surface area contributed by atoms with Gasteiger partial charge in [0, 0.05) is 6.20 Å². The summed E-state index contributed by atoms with van der Waals surface area (Å²) in [5.74, 6) is 0. The predicted molar refractivity (Wildman–Crippen MR) is 69.1 cm³/mol. The Labute approximate surface area is 97.2 Å². The van der Waals surface area contributed by atoms with E-state index in [1.807, 2.05) is 12.3 Å². The standard InChI is InChI=1S/C15H17N/c1-12-6-3-4-7-14-8-5-11-16-15(14)13(2)10-9-12/h3,5-6,8-11H,4,7H2,1-2H3/b6-3+,12-9-,13-10+. The van der Waals surface area contributed by atoms with Crippen molar-refractivity contribution in [3.63, 3.8) is 0 Å². The van der Waals surface area contributed by atoms with Gasteiger partial charge in [0.1, 0.15) is 0 Å². The first-order valence-corrected chi connectivity index (χ1v) is 5.73. The summed E-state index contributed by atoms with van der Waals surface area (Å²) in [7, 11) is 0. The summed E-state index contributed by atoms with van der Waals surface area (Å²) in [5, 5.41) is 0. The van der Waals surface area contributed by atoms with E-state index in [2.05, 4.69) is 49.2 Å². The number of allylic oxidation sites excluding steroid dienone is 6. The van der Waals surface area contributed by atoms with E-state index < -0.39 is 0 Å². The van der Waals surface area contributed by atoms with Crippen molar-refractivity contribution >= 4 is 5.57 Å². The van der Waals surface area contributed by atoms with Crippen molar-refractivity contribution in [1.82, 2.24) is 4.98 Å². The number of aromatic nitrogens is 1. The Morgan fingerprint density at radius 2 is 2.06 bits per heavy atom. The van der Waals surface area contributed by atoms with Gasteiger partial charge in [0.05, 0.1) is 5.69 Å². The topological polar surface area (TPSA) is 12.9 Å². The third kappa shape index (κ3) is 2.48. The molecular weight excluding hydrogens is 194 g/mol. The molecule has 0 saturated carbocycles. The van der Waals surface area contributed by atoms with E-state index >= 15 is 0 Å². The van der Waals surface area contributed by atoms with Crippen LogP contribution in [0.5, 0.6) is 0 Å². The van der Waals surface area contributed by atoms with Gasteiger partial charge in [0.2, 0.25) is 0 Å². The minimum absolute atomic E-state index is 1.07. The Balaban J connectivity index is 2.47. The smallest absolute Gasteiger partial charge is 0.0690 e. The molecule has 0 bridgehead atoms. The maximum atomic E-state index is 4.48. The number of fused-ring (bicyclic) bond motifs is 1. The van der Waals surface area contributed by atoms with Crippen molar-refractivity contribution in [2.24, 2.45) is 0 Å². The Hall–Kier alpha value is -1.63. The average Bonchev–Trinajstić information content (AvgIpc) is 2.32. The molecule has 1 aromatic rings. The van der Waals surface area contributed by atoms with Gasteiger partial charge in [-0.25, -0.2) is 0 Å². The van der Waals surface area contributed by atoms with Gasteiger partial charge < -0.3 is 0 Å². The summed E-state index contributed by atoms with van der Waals surface area (Å²) in [6.07, 6.45) is 12.7. The number of pyridine rings is 1. The fourth-order valence-electron chi connectivity index (χ4n) is 1.89. The Bertz CT molecular complexity index is 464. The molecule has 82 valence electrons. The van der Waals surface area contributed by atoms with Crippen LogP contribution in [0, 0.1) is 0 Å². The number of rotatable bonds is 0. The summed E-state index contributed by atoms with van der Waals surface area (Å²) in [6, 6.07) is 4.19. The second-order valence-electron chi connectivity index (χ2n) is 4.21. The highest BCUT2D eigenvalue weighted by Gasteiger charge is 2.04. The van der Waals surface area contributed by atoms with Gasteiger partial charge in [0.25, 0.3) is 0 Å². The molecule has 16 heavy (non-hydrogen) atoms. The van der Waals surface area contributed by atoms with Crippen molar-refractivity contribution in [3.05, 3.63) is 59.5 Å². The van der Waals surface area contributed by atoms with Crippen LogP contribution in [0.3, 0.4) is 0 Å². The second-order valence-corrected chi connectivity index (χ2v) is 4.21. The summed E-state index contributed by atoms with van der Waals surface area (Å²) < 4.78 is 0. The molecule has 0 radical (unpaired) electrons. The molecule has 1 aliphatic rings. The largest absolute Gasteiger partial charge is 0.256 e. The van der Waals surface area contributed by atoms with Gasteiger partial charge in [-0.05, 0) is 43.9 Å². The van der Waals surface area contributed by atoms with Crippen molar-refractivity contribution in [2.45, 2.75) is 26.7 Å². The SMILES string of the molecule is CC1=C/C=C(\C)c2ncccc2CC\C=C\1. The first-order chi connectivity index (χ1) is 7.77. The quantitative estimate of drug-likeness (QED) is 0.633. The average molecular weight is 211 g/mol. The summed E-state index contributed by atoms with van der Waals surface area (Å²) in [4.78, 5) is 4.48. The molecule has 1 heteroatoms. The van der Waals surface area contributed by atoms with E-state index in [-0.39, 0.29) is 0 Å². The van der Waals surface area contributed by atoms with E-state index in [0.717, 1.165) is 18.5 Å². The van der Waals surface area contributed by atoms with Crippen molar-refractivity contribution in [2.75, 3.05) is 0 Å². The molecular formula is C15H17N. The summed E-state index contributed by atoms with van der Waals surface area (Å²) in [6.45, 7) is 4.25. The lowest BCUT2D eigenvalue weighted by molar-refractivity contribution is 0.975. The minimum atomic E-state index is 1.07. The lowest BCUT2D eigenvalue weighted by Crippen LogP contribution is -1.95. The van der Waals surface area contributed by atoms with E-state index in [4.69, 9.17) is 0 Å². The number of nitrogens with zero attached hydrogens (tertiary/aromatic N) is 1. The summed E-state index contributed by atoms with van der Waals surface area (Å²) in [5.41, 5.74) is 5.01. The van der Waals surface area contributed by atoms with E-state index in [1.54, 1.807) is 0 Å². The molecule has 0 spiro atoms. The van der Waals surface area contributed by atoms with Crippen molar-refractivity contribution < 1.29 is 0 Å². The van der Waals surface area contributed by atoms with Gasteiger partial charge >= 0.3 is 0 Å². The molecule has 0 atom stereocenters. The van der Waals surface area contributed by atoms with Crippen LogP contribution in [0.25, 0.3) is 5.57 Å². The van der Waals surface area contributed by atoms with Gasteiger partial charge in [0.15, 0.2) is 0 Å². The first kappa shape index (κ1) is 10.9. The van der Waals surface area contributed by atoms with Gasteiger partial charge in [-0.1, -0.05) is 35.9 Å². The van der Waals surface area contributed by atoms with E-state index in [1.165, 1.54) is 16.7 Å². The van der Waals surface area contributed by atoms with Crippen LogP contribution in [0.4, 0.5) is 0 Å². The van der Waals surface area contributed by atoms with E-state index in [9.17, 15) is 0 Å². The van der Waals surface area contributed by atoms with Crippen LogP contribution in [0.1, 0.15) is 31.5 Å². The van der Waals surface area contributed by atoms with Crippen LogP contribution in [-0.2, 0) is 6.42 Å². The molecule has 0 aromatic carbocycles. The van der Waals surface area contributed by atoms with E-state index in [0.29, 0.717) is 0 Å². The van der Waals surface area contributed by atoms with Crippen molar-refractivity contribution in [1.29, 1.82) is 0 Å². The zero-order chi connectivity index (χ0) is 11.4.